The third-order valence-electron chi connectivity index (χ3n) is 2.00. The summed E-state index contributed by atoms with van der Waals surface area (Å²) in [6, 6.07) is 1.84. The van der Waals surface area contributed by atoms with Crippen molar-refractivity contribution >= 4 is 5.91 Å². The molecule has 0 aliphatic heterocycles. The summed E-state index contributed by atoms with van der Waals surface area (Å²) < 4.78 is 36.6. The monoisotopic (exact) mass is 232 g/mol. The highest BCUT2D eigenvalue weighted by Crippen LogP contribution is 2.27. The topological polar surface area (TPSA) is 42.0 Å². The Hall–Kier alpha value is -1.59. The van der Waals surface area contributed by atoms with Gasteiger partial charge in [0.1, 0.15) is 5.69 Å². The van der Waals surface area contributed by atoms with E-state index in [1.807, 2.05) is 0 Å². The Morgan fingerprint density at radius 2 is 2.06 bits per heavy atom. The van der Waals surface area contributed by atoms with Gasteiger partial charge < -0.3 is 5.32 Å². The van der Waals surface area contributed by atoms with Crippen LogP contribution in [0.5, 0.6) is 0 Å². The van der Waals surface area contributed by atoms with Crippen molar-refractivity contribution in [2.75, 3.05) is 0 Å². The van der Waals surface area contributed by atoms with E-state index in [0.717, 1.165) is 12.3 Å². The molecule has 0 saturated heterocycles. The van der Waals surface area contributed by atoms with Crippen molar-refractivity contribution in [3.05, 3.63) is 29.6 Å². The number of aromatic nitrogens is 1. The molecular formula is C10H11F3N2O. The first-order valence-electron chi connectivity index (χ1n) is 4.61. The van der Waals surface area contributed by atoms with Gasteiger partial charge in [0, 0.05) is 13.1 Å². The van der Waals surface area contributed by atoms with Gasteiger partial charge in [-0.25, -0.2) is 0 Å². The Balaban J connectivity index is 2.83. The Labute approximate surface area is 90.7 Å². The zero-order valence-corrected chi connectivity index (χ0v) is 8.80. The number of hydrogen-bond donors (Lipinski definition) is 1. The lowest BCUT2D eigenvalue weighted by molar-refractivity contribution is -0.141. The van der Waals surface area contributed by atoms with Crippen molar-refractivity contribution in [1.29, 1.82) is 0 Å². The summed E-state index contributed by atoms with van der Waals surface area (Å²) >= 11 is 0. The van der Waals surface area contributed by atoms with Crippen molar-refractivity contribution in [2.45, 2.75) is 26.1 Å². The lowest BCUT2D eigenvalue weighted by Crippen LogP contribution is -2.23. The second-order valence-corrected chi connectivity index (χ2v) is 3.40. The fourth-order valence-corrected chi connectivity index (χ4v) is 1.22. The van der Waals surface area contributed by atoms with Gasteiger partial charge in [0.05, 0.1) is 6.04 Å². The molecule has 1 aromatic heterocycles. The van der Waals surface area contributed by atoms with E-state index in [2.05, 4.69) is 10.3 Å². The lowest BCUT2D eigenvalue weighted by Gasteiger charge is -2.13. The second kappa shape index (κ2) is 4.51. The molecule has 1 heterocycles. The van der Waals surface area contributed by atoms with Crippen molar-refractivity contribution in [2.24, 2.45) is 0 Å². The molecule has 1 atom stereocenters. The first kappa shape index (κ1) is 12.5. The molecule has 1 rings (SSSR count). The van der Waals surface area contributed by atoms with Gasteiger partial charge in [-0.2, -0.15) is 13.2 Å². The van der Waals surface area contributed by atoms with Gasteiger partial charge in [-0.15, -0.1) is 0 Å². The number of halogens is 3. The summed E-state index contributed by atoms with van der Waals surface area (Å²) in [4.78, 5) is 14.0. The minimum atomic E-state index is -4.43. The van der Waals surface area contributed by atoms with Crippen LogP contribution in [0, 0.1) is 0 Å². The minimum Gasteiger partial charge on any atom is -0.350 e. The van der Waals surface area contributed by atoms with Crippen molar-refractivity contribution in [3.8, 4) is 0 Å². The van der Waals surface area contributed by atoms with Gasteiger partial charge in [0.2, 0.25) is 5.91 Å². The van der Waals surface area contributed by atoms with Crippen molar-refractivity contribution < 1.29 is 18.0 Å². The zero-order valence-electron chi connectivity index (χ0n) is 8.80. The lowest BCUT2D eigenvalue weighted by atomic mass is 10.1. The molecule has 0 bridgehead atoms. The molecule has 0 fully saturated rings. The number of nitrogens with one attached hydrogen (secondary N) is 1. The van der Waals surface area contributed by atoms with Crippen LogP contribution in [0.4, 0.5) is 13.2 Å². The largest absolute Gasteiger partial charge is 0.433 e. The van der Waals surface area contributed by atoms with E-state index >= 15 is 0 Å². The second-order valence-electron chi connectivity index (χ2n) is 3.40. The van der Waals surface area contributed by atoms with E-state index in [9.17, 15) is 18.0 Å². The minimum absolute atomic E-state index is 0.243. The molecular weight excluding hydrogens is 221 g/mol. The molecule has 0 saturated carbocycles. The summed E-state index contributed by atoms with van der Waals surface area (Å²) in [6.07, 6.45) is -3.32. The fraction of sp³-hybridized carbons (Fsp3) is 0.400. The number of nitrogens with zero attached hydrogens (tertiary/aromatic N) is 1. The molecule has 0 aliphatic rings. The van der Waals surface area contributed by atoms with E-state index in [4.69, 9.17) is 0 Å². The van der Waals surface area contributed by atoms with Gasteiger partial charge in [-0.05, 0) is 18.6 Å². The van der Waals surface area contributed by atoms with Crippen LogP contribution in [0.2, 0.25) is 0 Å². The van der Waals surface area contributed by atoms with E-state index in [1.165, 1.54) is 13.0 Å². The fourth-order valence-electron chi connectivity index (χ4n) is 1.22. The third-order valence-corrected chi connectivity index (χ3v) is 2.00. The highest BCUT2D eigenvalue weighted by atomic mass is 19.4. The molecule has 0 spiro atoms. The number of rotatable bonds is 2. The number of alkyl halides is 3. The van der Waals surface area contributed by atoms with Crippen LogP contribution in [0.15, 0.2) is 18.3 Å². The van der Waals surface area contributed by atoms with Gasteiger partial charge in [-0.1, -0.05) is 6.07 Å². The molecule has 1 N–H and O–H groups in total. The summed E-state index contributed by atoms with van der Waals surface area (Å²) in [5, 5.41) is 2.56. The number of pyridine rings is 1. The number of amides is 1. The summed E-state index contributed by atoms with van der Waals surface area (Å²) in [5.74, 6) is -0.243. The molecule has 1 aromatic rings. The maximum absolute atomic E-state index is 12.2. The zero-order chi connectivity index (χ0) is 12.3. The SMILES string of the molecule is CC(=O)NC(C)c1ccc(C(F)(F)F)nc1. The average Bonchev–Trinajstić information content (AvgIpc) is 2.15. The van der Waals surface area contributed by atoms with Crippen LogP contribution < -0.4 is 5.32 Å². The van der Waals surface area contributed by atoms with Gasteiger partial charge in [0.25, 0.3) is 0 Å². The molecule has 16 heavy (non-hydrogen) atoms. The molecule has 6 heteroatoms. The molecule has 88 valence electrons. The first-order chi connectivity index (χ1) is 7.30. The summed E-state index contributed by atoms with van der Waals surface area (Å²) in [7, 11) is 0. The van der Waals surface area contributed by atoms with Crippen LogP contribution in [-0.4, -0.2) is 10.9 Å². The Kier molecular flexibility index (Phi) is 3.51. The van der Waals surface area contributed by atoms with Crippen LogP contribution in [0.3, 0.4) is 0 Å². The van der Waals surface area contributed by atoms with Crippen LogP contribution in [0.1, 0.15) is 31.1 Å². The highest BCUT2D eigenvalue weighted by molar-refractivity contribution is 5.73. The summed E-state index contributed by atoms with van der Waals surface area (Å²) in [5.41, 5.74) is -0.408. The third kappa shape index (κ3) is 3.22. The van der Waals surface area contributed by atoms with E-state index in [1.54, 1.807) is 6.92 Å². The normalized spacial score (nSPS) is 13.3. The van der Waals surface area contributed by atoms with Crippen LogP contribution >= 0.6 is 0 Å². The van der Waals surface area contributed by atoms with Gasteiger partial charge >= 0.3 is 6.18 Å². The van der Waals surface area contributed by atoms with Gasteiger partial charge in [-0.3, -0.25) is 9.78 Å². The highest BCUT2D eigenvalue weighted by Gasteiger charge is 2.32. The smallest absolute Gasteiger partial charge is 0.350 e. The quantitative estimate of drug-likeness (QED) is 0.850. The standard InChI is InChI=1S/C10H11F3N2O/c1-6(15-7(2)16)8-3-4-9(14-5-8)10(11,12)13/h3-6H,1-2H3,(H,15,16). The van der Waals surface area contributed by atoms with Gasteiger partial charge in [0.15, 0.2) is 0 Å². The molecule has 0 aliphatic carbocycles. The average molecular weight is 232 g/mol. The maximum Gasteiger partial charge on any atom is 0.433 e. The summed E-state index contributed by atoms with van der Waals surface area (Å²) in [6.45, 7) is 3.01. The van der Waals surface area contributed by atoms with Crippen LogP contribution in [-0.2, 0) is 11.0 Å². The predicted octanol–water partition coefficient (Wildman–Crippen LogP) is 2.30. The van der Waals surface area contributed by atoms with E-state index in [-0.39, 0.29) is 11.9 Å². The first-order valence-corrected chi connectivity index (χ1v) is 4.61. The molecule has 1 amide bonds. The molecule has 3 nitrogen and oxygen atoms in total. The number of carbonyl (C=O) groups excluding carboxylic acids is 1. The molecule has 0 aromatic carbocycles. The van der Waals surface area contributed by atoms with E-state index < -0.39 is 11.9 Å². The number of hydrogen-bond acceptors (Lipinski definition) is 2. The van der Waals surface area contributed by atoms with E-state index in [0.29, 0.717) is 5.56 Å². The molecule has 1 unspecified atom stereocenters. The Morgan fingerprint density at radius 3 is 2.44 bits per heavy atom. The Bertz CT molecular complexity index is 373. The Morgan fingerprint density at radius 1 is 1.44 bits per heavy atom. The predicted molar refractivity (Wildman–Crippen MR) is 51.5 cm³/mol. The van der Waals surface area contributed by atoms with Crippen molar-refractivity contribution in [3.63, 3.8) is 0 Å². The number of carbonyl (C=O) groups is 1. The van der Waals surface area contributed by atoms with Crippen LogP contribution in [0.25, 0.3) is 0 Å². The molecule has 0 radical (unpaired) electrons. The maximum atomic E-state index is 12.2. The van der Waals surface area contributed by atoms with Crippen molar-refractivity contribution in [1.82, 2.24) is 10.3 Å².